The van der Waals surface area contributed by atoms with E-state index in [1.54, 1.807) is 0 Å². The average Bonchev–Trinajstić information content (AvgIpc) is 2.45. The van der Waals surface area contributed by atoms with Crippen molar-refractivity contribution >= 4 is 5.78 Å². The van der Waals surface area contributed by atoms with Crippen LogP contribution in [0.25, 0.3) is 0 Å². The molecule has 22 heavy (non-hydrogen) atoms. The lowest BCUT2D eigenvalue weighted by Gasteiger charge is -2.65. The van der Waals surface area contributed by atoms with E-state index in [-0.39, 0.29) is 22.8 Å². The molecule has 1 aromatic carbocycles. The smallest absolute Gasteiger partial charge is 0.150 e. The van der Waals surface area contributed by atoms with E-state index < -0.39 is 0 Å². The van der Waals surface area contributed by atoms with Crippen LogP contribution < -0.4 is 0 Å². The largest absolute Gasteiger partial charge is 0.298 e. The molecular formula is C18H23FN2O. The lowest BCUT2D eigenvalue weighted by Crippen LogP contribution is -2.76. The molecule has 4 saturated heterocycles. The Morgan fingerprint density at radius 2 is 1.73 bits per heavy atom. The van der Waals surface area contributed by atoms with Crippen molar-refractivity contribution in [3.05, 3.63) is 35.6 Å². The van der Waals surface area contributed by atoms with Gasteiger partial charge in [-0.05, 0) is 24.1 Å². The number of benzene rings is 1. The summed E-state index contributed by atoms with van der Waals surface area (Å²) in [6.07, 6.45) is 2.22. The van der Waals surface area contributed by atoms with Crippen molar-refractivity contribution < 1.29 is 9.18 Å². The van der Waals surface area contributed by atoms with E-state index in [0.29, 0.717) is 5.78 Å². The Kier molecular flexibility index (Phi) is 3.01. The van der Waals surface area contributed by atoms with Crippen LogP contribution >= 0.6 is 0 Å². The Morgan fingerprint density at radius 3 is 2.27 bits per heavy atom. The first-order valence-electron chi connectivity index (χ1n) is 8.26. The quantitative estimate of drug-likeness (QED) is 0.858. The minimum atomic E-state index is -0.234. The Bertz CT molecular complexity index is 596. The van der Waals surface area contributed by atoms with Crippen LogP contribution in [0.5, 0.6) is 0 Å². The molecule has 118 valence electrons. The van der Waals surface area contributed by atoms with Crippen LogP contribution in [0.15, 0.2) is 24.3 Å². The fraction of sp³-hybridized carbons (Fsp3) is 0.611. The van der Waals surface area contributed by atoms with Crippen LogP contribution in [0, 0.1) is 16.6 Å². The molecule has 0 spiro atoms. The zero-order valence-electron chi connectivity index (χ0n) is 13.3. The molecule has 2 atom stereocenters. The van der Waals surface area contributed by atoms with Gasteiger partial charge in [0.05, 0.1) is 17.0 Å². The topological polar surface area (TPSA) is 23.6 Å². The Morgan fingerprint density at radius 1 is 1.14 bits per heavy atom. The fourth-order valence-electron chi connectivity index (χ4n) is 5.20. The van der Waals surface area contributed by atoms with E-state index in [0.717, 1.165) is 44.6 Å². The normalized spacial score (nSPS) is 42.9. The second kappa shape index (κ2) is 4.62. The molecule has 0 aliphatic carbocycles. The van der Waals surface area contributed by atoms with Crippen LogP contribution in [-0.2, 0) is 4.79 Å². The number of hydrogen-bond acceptors (Lipinski definition) is 3. The molecule has 4 heteroatoms. The number of carbonyl (C=O) groups excluding carboxylic acids is 1. The van der Waals surface area contributed by atoms with E-state index in [1.807, 2.05) is 12.1 Å². The van der Waals surface area contributed by atoms with Crippen molar-refractivity contribution in [3.63, 3.8) is 0 Å². The van der Waals surface area contributed by atoms with E-state index in [1.165, 1.54) is 12.1 Å². The van der Waals surface area contributed by atoms with Gasteiger partial charge in [0.25, 0.3) is 0 Å². The standard InChI is InChI=1S/C18H23FN2O/c1-3-8-18-11-20-9-17(2,16(18)22)10-21(12-18)15(20)13-4-6-14(19)7-5-13/h4-7,15H,3,8-12H2,1-2H3. The lowest BCUT2D eigenvalue weighted by atomic mass is 9.59. The number of piperidine rings is 2. The van der Waals surface area contributed by atoms with Crippen molar-refractivity contribution in [1.82, 2.24) is 9.80 Å². The lowest BCUT2D eigenvalue weighted by molar-refractivity contribution is -0.201. The third-order valence-electron chi connectivity index (χ3n) is 5.73. The Hall–Kier alpha value is -1.26. The Balaban J connectivity index is 1.71. The molecule has 4 aliphatic rings. The highest BCUT2D eigenvalue weighted by molar-refractivity contribution is 5.93. The highest BCUT2D eigenvalue weighted by Gasteiger charge is 2.63. The number of rotatable bonds is 3. The van der Waals surface area contributed by atoms with Gasteiger partial charge in [0.1, 0.15) is 11.6 Å². The number of ketones is 1. The summed E-state index contributed by atoms with van der Waals surface area (Å²) in [4.78, 5) is 17.9. The summed E-state index contributed by atoms with van der Waals surface area (Å²) in [6.45, 7) is 7.66. The minimum Gasteiger partial charge on any atom is -0.298 e. The molecule has 0 N–H and O–H groups in total. The SMILES string of the molecule is CCCC12CN3CC(C)(CN(C1)C3c1ccc(F)cc1)C2=O. The number of nitrogens with zero attached hydrogens (tertiary/aromatic N) is 2. The Labute approximate surface area is 131 Å². The van der Waals surface area contributed by atoms with Crippen LogP contribution in [0.1, 0.15) is 38.4 Å². The zero-order chi connectivity index (χ0) is 15.5. The van der Waals surface area contributed by atoms with Gasteiger partial charge in [-0.3, -0.25) is 14.6 Å². The molecule has 4 fully saturated rings. The van der Waals surface area contributed by atoms with Crippen molar-refractivity contribution in [2.24, 2.45) is 10.8 Å². The van der Waals surface area contributed by atoms with E-state index in [2.05, 4.69) is 23.6 Å². The summed E-state index contributed by atoms with van der Waals surface area (Å²) in [5.74, 6) is 0.286. The molecule has 1 aromatic rings. The van der Waals surface area contributed by atoms with Gasteiger partial charge in [0.15, 0.2) is 0 Å². The fourth-order valence-corrected chi connectivity index (χ4v) is 5.20. The maximum absolute atomic E-state index is 13.2. The van der Waals surface area contributed by atoms with Gasteiger partial charge in [-0.1, -0.05) is 32.4 Å². The highest BCUT2D eigenvalue weighted by Crippen LogP contribution is 2.53. The summed E-state index contributed by atoms with van der Waals surface area (Å²) < 4.78 is 13.2. The van der Waals surface area contributed by atoms with Crippen LogP contribution in [0.4, 0.5) is 4.39 Å². The summed E-state index contributed by atoms with van der Waals surface area (Å²) in [5.41, 5.74) is 0.724. The monoisotopic (exact) mass is 302 g/mol. The van der Waals surface area contributed by atoms with Crippen molar-refractivity contribution in [2.75, 3.05) is 26.2 Å². The zero-order valence-corrected chi connectivity index (χ0v) is 13.3. The summed E-state index contributed by atoms with van der Waals surface area (Å²) in [7, 11) is 0. The van der Waals surface area contributed by atoms with Gasteiger partial charge in [-0.15, -0.1) is 0 Å². The average molecular weight is 302 g/mol. The van der Waals surface area contributed by atoms with Gasteiger partial charge in [-0.25, -0.2) is 4.39 Å². The first-order valence-corrected chi connectivity index (χ1v) is 8.26. The maximum Gasteiger partial charge on any atom is 0.150 e. The third-order valence-corrected chi connectivity index (χ3v) is 5.73. The highest BCUT2D eigenvalue weighted by atomic mass is 19.1. The summed E-state index contributed by atoms with van der Waals surface area (Å²) in [6, 6.07) is 6.85. The number of carbonyl (C=O) groups is 1. The predicted octanol–water partition coefficient (Wildman–Crippen LogP) is 2.83. The van der Waals surface area contributed by atoms with Crippen molar-refractivity contribution in [1.29, 1.82) is 0 Å². The van der Waals surface area contributed by atoms with Crippen LogP contribution in [-0.4, -0.2) is 41.8 Å². The van der Waals surface area contributed by atoms with E-state index in [4.69, 9.17) is 0 Å². The molecule has 0 radical (unpaired) electrons. The maximum atomic E-state index is 13.2. The molecule has 0 aromatic heterocycles. The van der Waals surface area contributed by atoms with Crippen molar-refractivity contribution in [3.8, 4) is 0 Å². The molecule has 4 heterocycles. The predicted molar refractivity (Wildman–Crippen MR) is 82.7 cm³/mol. The molecule has 0 amide bonds. The number of halogens is 1. The molecule has 0 saturated carbocycles. The first kappa shape index (κ1) is 14.3. The first-order chi connectivity index (χ1) is 10.5. The second-order valence-electron chi connectivity index (χ2n) is 7.66. The van der Waals surface area contributed by atoms with E-state index >= 15 is 0 Å². The van der Waals surface area contributed by atoms with Crippen molar-refractivity contribution in [2.45, 2.75) is 32.9 Å². The number of hydrogen-bond donors (Lipinski definition) is 0. The minimum absolute atomic E-state index is 0.184. The van der Waals surface area contributed by atoms with Crippen LogP contribution in [0.3, 0.4) is 0 Å². The van der Waals surface area contributed by atoms with Gasteiger partial charge in [0.2, 0.25) is 0 Å². The molecule has 4 bridgehead atoms. The molecular weight excluding hydrogens is 279 g/mol. The molecule has 4 aliphatic heterocycles. The van der Waals surface area contributed by atoms with Gasteiger partial charge >= 0.3 is 0 Å². The van der Waals surface area contributed by atoms with Gasteiger partial charge in [-0.2, -0.15) is 0 Å². The van der Waals surface area contributed by atoms with E-state index in [9.17, 15) is 9.18 Å². The molecule has 3 nitrogen and oxygen atoms in total. The second-order valence-corrected chi connectivity index (χ2v) is 7.66. The number of Topliss-reactive ketones (excluding diaryl/α,β-unsaturated/α-hetero) is 1. The van der Waals surface area contributed by atoms with Gasteiger partial charge in [0, 0.05) is 26.2 Å². The summed E-state index contributed by atoms with van der Waals surface area (Å²) >= 11 is 0. The van der Waals surface area contributed by atoms with Crippen LogP contribution in [0.2, 0.25) is 0 Å². The van der Waals surface area contributed by atoms with Gasteiger partial charge < -0.3 is 0 Å². The summed E-state index contributed by atoms with van der Waals surface area (Å²) in [5, 5.41) is 0. The third kappa shape index (κ3) is 1.83. The molecule has 2 unspecified atom stereocenters. The molecule has 5 rings (SSSR count).